The Morgan fingerprint density at radius 1 is 1.14 bits per heavy atom. The predicted molar refractivity (Wildman–Crippen MR) is 114 cm³/mol. The van der Waals surface area contributed by atoms with Crippen LogP contribution in [0.3, 0.4) is 0 Å². The smallest absolute Gasteiger partial charge is 0.326 e. The topological polar surface area (TPSA) is 66.9 Å². The summed E-state index contributed by atoms with van der Waals surface area (Å²) in [5.74, 6) is 0.147. The maximum absolute atomic E-state index is 12.4. The first kappa shape index (κ1) is 19.7. The van der Waals surface area contributed by atoms with Gasteiger partial charge in [0.1, 0.15) is 0 Å². The van der Waals surface area contributed by atoms with Crippen molar-refractivity contribution in [3.05, 3.63) is 76.2 Å². The summed E-state index contributed by atoms with van der Waals surface area (Å²) in [5.41, 5.74) is 4.89. The molecule has 3 rings (SSSR count). The second-order valence-corrected chi connectivity index (χ2v) is 7.36. The Balaban J connectivity index is 1.60. The maximum Gasteiger partial charge on any atom is 0.326 e. The molecule has 0 atom stereocenters. The number of allylic oxidation sites excluding steroid dienone is 1. The zero-order valence-electron chi connectivity index (χ0n) is 16.7. The minimum Gasteiger partial charge on any atom is -0.352 e. The van der Waals surface area contributed by atoms with E-state index in [1.54, 1.807) is 10.6 Å². The summed E-state index contributed by atoms with van der Waals surface area (Å²) in [6.07, 6.45) is 2.37. The number of H-pyrrole nitrogens is 1. The van der Waals surface area contributed by atoms with Crippen molar-refractivity contribution >= 4 is 22.5 Å². The molecule has 2 N–H and O–H groups in total. The Labute approximate surface area is 165 Å². The number of hydrogen-bond acceptors (Lipinski definition) is 2. The molecule has 5 heteroatoms. The molecule has 1 aromatic heterocycles. The molecule has 5 nitrogen and oxygen atoms in total. The van der Waals surface area contributed by atoms with Gasteiger partial charge >= 0.3 is 5.69 Å². The number of benzene rings is 2. The van der Waals surface area contributed by atoms with Crippen molar-refractivity contribution in [3.8, 4) is 0 Å². The van der Waals surface area contributed by atoms with Gasteiger partial charge in [0, 0.05) is 19.2 Å². The molecular formula is C23H27N3O2. The third kappa shape index (κ3) is 4.60. The van der Waals surface area contributed by atoms with Gasteiger partial charge in [-0.15, -0.1) is 0 Å². The molecule has 0 saturated heterocycles. The number of fused-ring (bicyclic) bond motifs is 1. The highest BCUT2D eigenvalue weighted by Gasteiger charge is 2.09. The van der Waals surface area contributed by atoms with Gasteiger partial charge in [-0.1, -0.05) is 55.8 Å². The predicted octanol–water partition coefficient (Wildman–Crippen LogP) is 3.88. The molecule has 0 spiro atoms. The van der Waals surface area contributed by atoms with Crippen LogP contribution in [0.15, 0.2) is 59.4 Å². The van der Waals surface area contributed by atoms with Crippen LogP contribution in [0.25, 0.3) is 16.6 Å². The van der Waals surface area contributed by atoms with Gasteiger partial charge in [-0.3, -0.25) is 9.36 Å². The van der Waals surface area contributed by atoms with Gasteiger partial charge in [-0.25, -0.2) is 4.79 Å². The molecule has 0 radical (unpaired) electrons. The Kier molecular flexibility index (Phi) is 6.14. The van der Waals surface area contributed by atoms with E-state index in [1.807, 2.05) is 31.2 Å². The molecule has 0 saturated carbocycles. The molecule has 0 bridgehead atoms. The van der Waals surface area contributed by atoms with Gasteiger partial charge in [0.15, 0.2) is 0 Å². The van der Waals surface area contributed by atoms with Crippen molar-refractivity contribution in [3.63, 3.8) is 0 Å². The third-order valence-corrected chi connectivity index (χ3v) is 4.83. The molecule has 2 aromatic carbocycles. The molecule has 0 unspecified atom stereocenters. The summed E-state index contributed by atoms with van der Waals surface area (Å²) in [4.78, 5) is 27.3. The van der Waals surface area contributed by atoms with Crippen LogP contribution in [0.1, 0.15) is 31.4 Å². The second-order valence-electron chi connectivity index (χ2n) is 7.36. The van der Waals surface area contributed by atoms with E-state index in [-0.39, 0.29) is 17.5 Å². The molecule has 1 amide bonds. The van der Waals surface area contributed by atoms with Gasteiger partial charge in [0.05, 0.1) is 11.0 Å². The van der Waals surface area contributed by atoms with Crippen LogP contribution in [0.2, 0.25) is 0 Å². The van der Waals surface area contributed by atoms with Crippen LogP contribution in [0.4, 0.5) is 0 Å². The van der Waals surface area contributed by atoms with Crippen LogP contribution >= 0.6 is 0 Å². The lowest BCUT2D eigenvalue weighted by Gasteiger charge is -2.12. The van der Waals surface area contributed by atoms with Gasteiger partial charge < -0.3 is 10.3 Å². The molecule has 3 aromatic rings. The zero-order chi connectivity index (χ0) is 20.1. The summed E-state index contributed by atoms with van der Waals surface area (Å²) in [6, 6.07) is 15.8. The molecule has 0 aliphatic carbocycles. The van der Waals surface area contributed by atoms with Crippen LogP contribution in [-0.2, 0) is 11.3 Å². The van der Waals surface area contributed by atoms with Gasteiger partial charge in [0.25, 0.3) is 0 Å². The number of aromatic nitrogens is 2. The highest BCUT2D eigenvalue weighted by atomic mass is 16.2. The third-order valence-electron chi connectivity index (χ3n) is 4.83. The fourth-order valence-electron chi connectivity index (χ4n) is 3.30. The number of hydrogen-bond donors (Lipinski definition) is 2. The van der Waals surface area contributed by atoms with E-state index < -0.39 is 0 Å². The van der Waals surface area contributed by atoms with Crippen molar-refractivity contribution in [2.45, 2.75) is 33.7 Å². The SMILES string of the molecule is Cc1ccc(/C(=C/C(=O)NCCCn2c(=O)[nH]c3ccccc32)C(C)C)cc1. The normalized spacial score (nSPS) is 11.9. The number of carbonyl (C=O) groups is 1. The largest absolute Gasteiger partial charge is 0.352 e. The lowest BCUT2D eigenvalue weighted by Crippen LogP contribution is -2.25. The van der Waals surface area contributed by atoms with E-state index in [9.17, 15) is 9.59 Å². The van der Waals surface area contributed by atoms with Crippen molar-refractivity contribution in [2.24, 2.45) is 5.92 Å². The summed E-state index contributed by atoms with van der Waals surface area (Å²) < 4.78 is 1.71. The zero-order valence-corrected chi connectivity index (χ0v) is 16.7. The Hall–Kier alpha value is -3.08. The summed E-state index contributed by atoms with van der Waals surface area (Å²) in [6.45, 7) is 7.29. The first-order valence-corrected chi connectivity index (χ1v) is 9.69. The second kappa shape index (κ2) is 8.74. The van der Waals surface area contributed by atoms with Gasteiger partial charge in [-0.2, -0.15) is 0 Å². The maximum atomic E-state index is 12.4. The molecule has 146 valence electrons. The van der Waals surface area contributed by atoms with Crippen LogP contribution < -0.4 is 11.0 Å². The number of carbonyl (C=O) groups excluding carboxylic acids is 1. The van der Waals surface area contributed by atoms with Crippen molar-refractivity contribution in [1.82, 2.24) is 14.9 Å². The fraction of sp³-hybridized carbons (Fsp3) is 0.304. The first-order valence-electron chi connectivity index (χ1n) is 9.69. The van der Waals surface area contributed by atoms with Crippen molar-refractivity contribution < 1.29 is 4.79 Å². The van der Waals surface area contributed by atoms with E-state index in [4.69, 9.17) is 0 Å². The highest BCUT2D eigenvalue weighted by molar-refractivity contribution is 5.95. The molecular weight excluding hydrogens is 350 g/mol. The van der Waals surface area contributed by atoms with E-state index in [1.165, 1.54) is 5.56 Å². The number of nitrogens with one attached hydrogen (secondary N) is 2. The first-order chi connectivity index (χ1) is 13.5. The number of para-hydroxylation sites is 2. The van der Waals surface area contributed by atoms with Crippen molar-refractivity contribution in [1.29, 1.82) is 0 Å². The number of amides is 1. The van der Waals surface area contributed by atoms with E-state index >= 15 is 0 Å². The molecule has 0 fully saturated rings. The lowest BCUT2D eigenvalue weighted by molar-refractivity contribution is -0.116. The summed E-state index contributed by atoms with van der Waals surface area (Å²) in [7, 11) is 0. The molecule has 0 aliphatic rings. The summed E-state index contributed by atoms with van der Waals surface area (Å²) in [5, 5.41) is 2.94. The van der Waals surface area contributed by atoms with Crippen LogP contribution in [0.5, 0.6) is 0 Å². The van der Waals surface area contributed by atoms with Gasteiger partial charge in [-0.05, 0) is 42.5 Å². The number of aromatic amines is 1. The Bertz CT molecular complexity index is 1040. The quantitative estimate of drug-likeness (QED) is 0.485. The van der Waals surface area contributed by atoms with E-state index in [0.717, 1.165) is 22.2 Å². The van der Waals surface area contributed by atoms with Crippen LogP contribution in [0, 0.1) is 12.8 Å². The Morgan fingerprint density at radius 3 is 2.57 bits per heavy atom. The number of nitrogens with zero attached hydrogens (tertiary/aromatic N) is 1. The average Bonchev–Trinajstić information content (AvgIpc) is 2.99. The number of rotatable bonds is 7. The number of imidazole rings is 1. The van der Waals surface area contributed by atoms with Crippen molar-refractivity contribution in [2.75, 3.05) is 6.54 Å². The Morgan fingerprint density at radius 2 is 1.86 bits per heavy atom. The minimum atomic E-state index is -0.117. The minimum absolute atomic E-state index is 0.101. The number of aryl methyl sites for hydroxylation is 2. The highest BCUT2D eigenvalue weighted by Crippen LogP contribution is 2.23. The molecule has 28 heavy (non-hydrogen) atoms. The molecule has 0 aliphatic heterocycles. The molecule has 1 heterocycles. The fourth-order valence-corrected chi connectivity index (χ4v) is 3.30. The van der Waals surface area contributed by atoms with Crippen LogP contribution in [-0.4, -0.2) is 22.0 Å². The van der Waals surface area contributed by atoms with E-state index in [0.29, 0.717) is 19.5 Å². The lowest BCUT2D eigenvalue weighted by atomic mass is 9.94. The average molecular weight is 377 g/mol. The summed E-state index contributed by atoms with van der Waals surface area (Å²) >= 11 is 0. The van der Waals surface area contributed by atoms with Gasteiger partial charge in [0.2, 0.25) is 5.91 Å². The van der Waals surface area contributed by atoms with E-state index in [2.05, 4.69) is 48.4 Å². The monoisotopic (exact) mass is 377 g/mol. The standard InChI is InChI=1S/C23H27N3O2/c1-16(2)19(18-11-9-17(3)10-12-18)15-22(27)24-13-6-14-26-21-8-5-4-7-20(21)25-23(26)28/h4-5,7-12,15-16H,6,13-14H2,1-3H3,(H,24,27)(H,25,28)/b19-15+.